The van der Waals surface area contributed by atoms with Crippen LogP contribution in [0.3, 0.4) is 0 Å². The molecular weight excluding hydrogens is 292 g/mol. The van der Waals surface area contributed by atoms with Gasteiger partial charge >= 0.3 is 0 Å². The predicted molar refractivity (Wildman–Crippen MR) is 104 cm³/mol. The Bertz CT molecular complexity index is 477. The third-order valence-corrected chi connectivity index (χ3v) is 5.05. The van der Waals surface area contributed by atoms with Crippen LogP contribution in [0.2, 0.25) is 0 Å². The molecule has 0 saturated heterocycles. The molecule has 0 amide bonds. The molecule has 24 heavy (non-hydrogen) atoms. The van der Waals surface area contributed by atoms with Gasteiger partial charge in [-0.15, -0.1) is 6.58 Å². The minimum absolute atomic E-state index is 0.729. The van der Waals surface area contributed by atoms with E-state index in [9.17, 15) is 0 Å². The van der Waals surface area contributed by atoms with Gasteiger partial charge in [0.15, 0.2) is 0 Å². The van der Waals surface area contributed by atoms with E-state index in [0.29, 0.717) is 0 Å². The molecule has 1 aromatic carbocycles. The zero-order valence-electron chi connectivity index (χ0n) is 15.4. The largest absolute Gasteiger partial charge is 0.377 e. The maximum Gasteiger partial charge on any atom is 0.0716 e. The number of rotatable bonds is 10. The van der Waals surface area contributed by atoms with Crippen molar-refractivity contribution in [3.8, 4) is 0 Å². The zero-order chi connectivity index (χ0) is 17.0. The fourth-order valence-corrected chi connectivity index (χ4v) is 3.51. The van der Waals surface area contributed by atoms with Crippen molar-refractivity contribution < 1.29 is 4.74 Å². The van der Waals surface area contributed by atoms with Gasteiger partial charge in [0, 0.05) is 6.61 Å². The summed E-state index contributed by atoms with van der Waals surface area (Å²) >= 11 is 0. The van der Waals surface area contributed by atoms with Crippen LogP contribution < -0.4 is 0 Å². The van der Waals surface area contributed by atoms with E-state index in [1.807, 2.05) is 6.08 Å². The monoisotopic (exact) mass is 326 g/mol. The molecule has 0 aromatic heterocycles. The Morgan fingerprint density at radius 1 is 1.08 bits per heavy atom. The number of allylic oxidation sites excluding steroid dienone is 3. The van der Waals surface area contributed by atoms with E-state index in [4.69, 9.17) is 4.74 Å². The summed E-state index contributed by atoms with van der Waals surface area (Å²) in [6, 6.07) is 9.13. The van der Waals surface area contributed by atoms with Gasteiger partial charge in [-0.1, -0.05) is 55.8 Å². The van der Waals surface area contributed by atoms with Crippen LogP contribution in [0, 0.1) is 5.92 Å². The quantitative estimate of drug-likeness (QED) is 0.339. The molecule has 2 rings (SSSR count). The highest BCUT2D eigenvalue weighted by molar-refractivity contribution is 5.25. The highest BCUT2D eigenvalue weighted by atomic mass is 16.5. The molecule has 0 bridgehead atoms. The molecule has 0 atom stereocenters. The Balaban J connectivity index is 1.72. The van der Waals surface area contributed by atoms with E-state index >= 15 is 0 Å². The van der Waals surface area contributed by atoms with E-state index in [-0.39, 0.29) is 0 Å². The number of unbranched alkanes of at least 4 members (excludes halogenated alkanes) is 2. The van der Waals surface area contributed by atoms with Crippen molar-refractivity contribution in [3.63, 3.8) is 0 Å². The number of ether oxygens (including phenoxy) is 1. The maximum absolute atomic E-state index is 5.71. The van der Waals surface area contributed by atoms with Gasteiger partial charge in [-0.05, 0) is 67.9 Å². The number of benzene rings is 1. The molecule has 1 aliphatic carbocycles. The fraction of sp³-hybridized carbons (Fsp3) is 0.565. The molecule has 0 unspecified atom stereocenters. The average Bonchev–Trinajstić information content (AvgIpc) is 2.63. The highest BCUT2D eigenvalue weighted by Gasteiger charge is 2.20. The Labute approximate surface area is 148 Å². The van der Waals surface area contributed by atoms with E-state index < -0.39 is 0 Å². The summed E-state index contributed by atoms with van der Waals surface area (Å²) in [5, 5.41) is 0. The molecule has 0 heterocycles. The Hall–Kier alpha value is -1.34. The van der Waals surface area contributed by atoms with Gasteiger partial charge in [-0.25, -0.2) is 0 Å². The van der Waals surface area contributed by atoms with Crippen LogP contribution in [-0.4, -0.2) is 6.61 Å². The standard InChI is InChI=1S/C23H34O/c1-3-5-7-9-20-10-14-22(15-11-20)23-16-12-21(13-17-23)19-24-18-8-6-4-2/h4,7,9,12-13,16-17,20,22H,2-3,5-6,8,10-11,14-15,18-19H2,1H3. The minimum atomic E-state index is 0.729. The highest BCUT2D eigenvalue weighted by Crippen LogP contribution is 2.36. The molecule has 0 aliphatic heterocycles. The first-order valence-corrected chi connectivity index (χ1v) is 9.77. The first-order valence-electron chi connectivity index (χ1n) is 9.77. The second kappa shape index (κ2) is 11.3. The molecule has 1 aromatic rings. The summed E-state index contributed by atoms with van der Waals surface area (Å²) < 4.78 is 5.71. The molecular formula is C23H34O. The van der Waals surface area contributed by atoms with Crippen LogP contribution in [-0.2, 0) is 11.3 Å². The first kappa shape index (κ1) is 19.0. The molecule has 0 spiro atoms. The van der Waals surface area contributed by atoms with Gasteiger partial charge in [0.1, 0.15) is 0 Å². The van der Waals surface area contributed by atoms with Crippen molar-refractivity contribution >= 4 is 0 Å². The average molecular weight is 327 g/mol. The number of hydrogen-bond donors (Lipinski definition) is 0. The predicted octanol–water partition coefficient (Wildman–Crippen LogP) is 6.80. The van der Waals surface area contributed by atoms with Crippen molar-refractivity contribution in [3.05, 3.63) is 60.2 Å². The molecule has 1 fully saturated rings. The zero-order valence-corrected chi connectivity index (χ0v) is 15.4. The van der Waals surface area contributed by atoms with Crippen LogP contribution in [0.25, 0.3) is 0 Å². The van der Waals surface area contributed by atoms with Crippen LogP contribution in [0.1, 0.15) is 75.3 Å². The Morgan fingerprint density at radius 3 is 2.50 bits per heavy atom. The van der Waals surface area contributed by atoms with Crippen molar-refractivity contribution in [1.82, 2.24) is 0 Å². The maximum atomic E-state index is 5.71. The summed E-state index contributed by atoms with van der Waals surface area (Å²) in [7, 11) is 0. The summed E-state index contributed by atoms with van der Waals surface area (Å²) in [4.78, 5) is 0. The minimum Gasteiger partial charge on any atom is -0.377 e. The second-order valence-electron chi connectivity index (χ2n) is 7.05. The third-order valence-electron chi connectivity index (χ3n) is 5.05. The SMILES string of the molecule is C=CCCCOCc1ccc(C2CCC(C=CCCC)CC2)cc1. The lowest BCUT2D eigenvalue weighted by Gasteiger charge is -2.27. The van der Waals surface area contributed by atoms with Crippen LogP contribution in [0.15, 0.2) is 49.1 Å². The molecule has 1 aliphatic rings. The summed E-state index contributed by atoms with van der Waals surface area (Å²) in [6.07, 6.45) is 16.8. The van der Waals surface area contributed by atoms with Crippen molar-refractivity contribution in [2.75, 3.05) is 6.61 Å². The normalized spacial score (nSPS) is 21.2. The molecule has 0 N–H and O–H groups in total. The van der Waals surface area contributed by atoms with Crippen LogP contribution in [0.4, 0.5) is 0 Å². The molecule has 1 heteroatoms. The van der Waals surface area contributed by atoms with E-state index in [1.54, 1.807) is 0 Å². The Kier molecular flexibility index (Phi) is 8.91. The van der Waals surface area contributed by atoms with Crippen molar-refractivity contribution in [2.45, 2.75) is 70.8 Å². The van der Waals surface area contributed by atoms with Gasteiger partial charge in [0.05, 0.1) is 6.61 Å². The lowest BCUT2D eigenvalue weighted by molar-refractivity contribution is 0.119. The summed E-state index contributed by atoms with van der Waals surface area (Å²) in [5.74, 6) is 1.57. The van der Waals surface area contributed by atoms with Gasteiger partial charge in [-0.2, -0.15) is 0 Å². The molecule has 1 saturated carbocycles. The molecule has 132 valence electrons. The van der Waals surface area contributed by atoms with Crippen molar-refractivity contribution in [1.29, 1.82) is 0 Å². The smallest absolute Gasteiger partial charge is 0.0716 e. The summed E-state index contributed by atoms with van der Waals surface area (Å²) in [5.41, 5.74) is 2.80. The molecule has 0 radical (unpaired) electrons. The van der Waals surface area contributed by atoms with Gasteiger partial charge in [-0.3, -0.25) is 0 Å². The lowest BCUT2D eigenvalue weighted by Crippen LogP contribution is -2.11. The van der Waals surface area contributed by atoms with Gasteiger partial charge in [0.2, 0.25) is 0 Å². The second-order valence-corrected chi connectivity index (χ2v) is 7.05. The van der Waals surface area contributed by atoms with E-state index in [1.165, 1.54) is 49.7 Å². The van der Waals surface area contributed by atoms with Gasteiger partial charge < -0.3 is 4.74 Å². The van der Waals surface area contributed by atoms with Crippen molar-refractivity contribution in [2.24, 2.45) is 5.92 Å². The fourth-order valence-electron chi connectivity index (χ4n) is 3.51. The number of hydrogen-bond acceptors (Lipinski definition) is 1. The van der Waals surface area contributed by atoms with E-state index in [2.05, 4.69) is 49.9 Å². The van der Waals surface area contributed by atoms with E-state index in [0.717, 1.165) is 37.9 Å². The molecule has 1 nitrogen and oxygen atoms in total. The van der Waals surface area contributed by atoms with Crippen LogP contribution in [0.5, 0.6) is 0 Å². The van der Waals surface area contributed by atoms with Gasteiger partial charge in [0.25, 0.3) is 0 Å². The lowest BCUT2D eigenvalue weighted by atomic mass is 9.78. The third kappa shape index (κ3) is 6.65. The van der Waals surface area contributed by atoms with Crippen LogP contribution >= 0.6 is 0 Å². The topological polar surface area (TPSA) is 9.23 Å². The first-order chi connectivity index (χ1) is 11.8. The summed E-state index contributed by atoms with van der Waals surface area (Å²) in [6.45, 7) is 7.53. The Morgan fingerprint density at radius 2 is 1.83 bits per heavy atom.